The maximum absolute atomic E-state index is 11.5. The Balaban J connectivity index is 2.43. The summed E-state index contributed by atoms with van der Waals surface area (Å²) >= 11 is 5.71. The van der Waals surface area contributed by atoms with Crippen LogP contribution in [0.2, 0.25) is 5.02 Å². The second-order valence-electron chi connectivity index (χ2n) is 3.74. The Morgan fingerprint density at radius 2 is 1.93 bits per heavy atom. The number of benzene rings is 1. The fourth-order valence-electron chi connectivity index (χ4n) is 1.01. The summed E-state index contributed by atoms with van der Waals surface area (Å²) < 4.78 is 0. The topological polar surface area (TPSA) is 41.1 Å². The molecule has 0 saturated heterocycles. The Bertz CT molecular complexity index is 322. The molecule has 0 heterocycles. The standard InChI is InChI=1S/C11H15ClN2O/c1-8(2)7-13-14-11(15)9-3-5-10(12)6-4-9/h3-6,8,13H,7H2,1-2H3,(H,14,15). The van der Waals surface area contributed by atoms with Crippen LogP contribution in [0, 0.1) is 5.92 Å². The molecule has 0 fully saturated rings. The molecule has 1 rings (SSSR count). The van der Waals surface area contributed by atoms with Crippen molar-refractivity contribution in [2.45, 2.75) is 13.8 Å². The highest BCUT2D eigenvalue weighted by Gasteiger charge is 2.03. The minimum Gasteiger partial charge on any atom is -0.287 e. The molecule has 82 valence electrons. The van der Waals surface area contributed by atoms with E-state index in [1.165, 1.54) is 0 Å². The first-order valence-electron chi connectivity index (χ1n) is 4.88. The molecule has 0 aliphatic heterocycles. The number of hydrogen-bond donors (Lipinski definition) is 2. The third kappa shape index (κ3) is 4.32. The molecule has 0 atom stereocenters. The van der Waals surface area contributed by atoms with Crippen LogP contribution in [0.5, 0.6) is 0 Å². The maximum atomic E-state index is 11.5. The van der Waals surface area contributed by atoms with Crippen molar-refractivity contribution in [2.75, 3.05) is 6.54 Å². The minimum atomic E-state index is -0.146. The smallest absolute Gasteiger partial charge is 0.265 e. The Morgan fingerprint density at radius 1 is 1.33 bits per heavy atom. The van der Waals surface area contributed by atoms with Crippen molar-refractivity contribution >= 4 is 17.5 Å². The van der Waals surface area contributed by atoms with Gasteiger partial charge in [-0.05, 0) is 30.2 Å². The molecule has 0 aliphatic rings. The number of amides is 1. The van der Waals surface area contributed by atoms with E-state index in [-0.39, 0.29) is 5.91 Å². The zero-order valence-corrected chi connectivity index (χ0v) is 9.64. The molecule has 0 bridgehead atoms. The summed E-state index contributed by atoms with van der Waals surface area (Å²) in [6.45, 7) is 4.89. The Labute approximate surface area is 94.8 Å². The average molecular weight is 227 g/mol. The fraction of sp³-hybridized carbons (Fsp3) is 0.364. The molecule has 1 amide bonds. The molecule has 0 aromatic heterocycles. The summed E-state index contributed by atoms with van der Waals surface area (Å²) in [5, 5.41) is 0.627. The molecule has 2 N–H and O–H groups in total. The molecular formula is C11H15ClN2O. The van der Waals surface area contributed by atoms with Crippen LogP contribution < -0.4 is 10.9 Å². The number of rotatable bonds is 4. The Morgan fingerprint density at radius 3 is 2.47 bits per heavy atom. The van der Waals surface area contributed by atoms with Gasteiger partial charge in [-0.3, -0.25) is 10.2 Å². The van der Waals surface area contributed by atoms with Crippen molar-refractivity contribution in [1.82, 2.24) is 10.9 Å². The molecule has 0 radical (unpaired) electrons. The summed E-state index contributed by atoms with van der Waals surface area (Å²) in [6.07, 6.45) is 0. The largest absolute Gasteiger partial charge is 0.287 e. The normalized spacial score (nSPS) is 10.4. The molecule has 3 nitrogen and oxygen atoms in total. The second kappa shape index (κ2) is 5.73. The Kier molecular flexibility index (Phi) is 4.59. The molecule has 4 heteroatoms. The first kappa shape index (κ1) is 12.0. The van der Waals surface area contributed by atoms with Gasteiger partial charge >= 0.3 is 0 Å². The Hall–Kier alpha value is -1.06. The van der Waals surface area contributed by atoms with E-state index in [9.17, 15) is 4.79 Å². The van der Waals surface area contributed by atoms with Crippen molar-refractivity contribution in [1.29, 1.82) is 0 Å². The van der Waals surface area contributed by atoms with Gasteiger partial charge in [-0.25, -0.2) is 5.43 Å². The first-order valence-corrected chi connectivity index (χ1v) is 5.26. The molecule has 15 heavy (non-hydrogen) atoms. The van der Waals surface area contributed by atoms with Crippen molar-refractivity contribution < 1.29 is 4.79 Å². The summed E-state index contributed by atoms with van der Waals surface area (Å²) in [5.74, 6) is 0.350. The van der Waals surface area contributed by atoms with E-state index < -0.39 is 0 Å². The van der Waals surface area contributed by atoms with E-state index in [1.807, 2.05) is 0 Å². The van der Waals surface area contributed by atoms with Gasteiger partial charge in [0.1, 0.15) is 0 Å². The van der Waals surface area contributed by atoms with Gasteiger partial charge in [0.25, 0.3) is 5.91 Å². The lowest BCUT2D eigenvalue weighted by atomic mass is 10.2. The average Bonchev–Trinajstić information content (AvgIpc) is 2.18. The molecule has 0 unspecified atom stereocenters. The molecule has 1 aromatic carbocycles. The number of hydrazine groups is 1. The van der Waals surface area contributed by atoms with Crippen LogP contribution >= 0.6 is 11.6 Å². The lowest BCUT2D eigenvalue weighted by Crippen LogP contribution is -2.39. The van der Waals surface area contributed by atoms with Crippen LogP contribution in [0.25, 0.3) is 0 Å². The van der Waals surface area contributed by atoms with E-state index in [0.717, 1.165) is 6.54 Å². The van der Waals surface area contributed by atoms with Crippen molar-refractivity contribution in [3.8, 4) is 0 Å². The minimum absolute atomic E-state index is 0.146. The second-order valence-corrected chi connectivity index (χ2v) is 4.17. The summed E-state index contributed by atoms with van der Waals surface area (Å²) in [4.78, 5) is 11.5. The van der Waals surface area contributed by atoms with Crippen LogP contribution in [0.1, 0.15) is 24.2 Å². The maximum Gasteiger partial charge on any atom is 0.265 e. The van der Waals surface area contributed by atoms with E-state index >= 15 is 0 Å². The predicted octanol–water partition coefficient (Wildman–Crippen LogP) is 2.23. The van der Waals surface area contributed by atoms with Gasteiger partial charge in [0.05, 0.1) is 0 Å². The van der Waals surface area contributed by atoms with Gasteiger partial charge in [-0.15, -0.1) is 0 Å². The van der Waals surface area contributed by atoms with Gasteiger partial charge in [0.15, 0.2) is 0 Å². The monoisotopic (exact) mass is 226 g/mol. The van der Waals surface area contributed by atoms with Crippen LogP contribution in [0.4, 0.5) is 0 Å². The fourth-order valence-corrected chi connectivity index (χ4v) is 1.13. The van der Waals surface area contributed by atoms with Crippen LogP contribution in [-0.2, 0) is 0 Å². The van der Waals surface area contributed by atoms with Crippen LogP contribution in [0.3, 0.4) is 0 Å². The van der Waals surface area contributed by atoms with Gasteiger partial charge in [-0.1, -0.05) is 25.4 Å². The zero-order chi connectivity index (χ0) is 11.3. The number of hydrogen-bond acceptors (Lipinski definition) is 2. The number of carbonyl (C=O) groups excluding carboxylic acids is 1. The van der Waals surface area contributed by atoms with Crippen molar-refractivity contribution in [2.24, 2.45) is 5.92 Å². The third-order valence-electron chi connectivity index (χ3n) is 1.82. The number of halogens is 1. The van der Waals surface area contributed by atoms with Gasteiger partial charge < -0.3 is 0 Å². The van der Waals surface area contributed by atoms with Crippen molar-refractivity contribution in [3.63, 3.8) is 0 Å². The first-order chi connectivity index (χ1) is 7.09. The highest BCUT2D eigenvalue weighted by Crippen LogP contribution is 2.08. The van der Waals surface area contributed by atoms with E-state index in [4.69, 9.17) is 11.6 Å². The summed E-state index contributed by atoms with van der Waals surface area (Å²) in [6, 6.07) is 6.77. The molecule has 0 aliphatic carbocycles. The zero-order valence-electron chi connectivity index (χ0n) is 8.88. The molecule has 0 spiro atoms. The molecule has 0 saturated carbocycles. The summed E-state index contributed by atoms with van der Waals surface area (Å²) in [7, 11) is 0. The van der Waals surface area contributed by atoms with E-state index in [0.29, 0.717) is 16.5 Å². The van der Waals surface area contributed by atoms with Gasteiger partial charge in [0.2, 0.25) is 0 Å². The highest BCUT2D eigenvalue weighted by atomic mass is 35.5. The predicted molar refractivity (Wildman–Crippen MR) is 61.8 cm³/mol. The SMILES string of the molecule is CC(C)CNNC(=O)c1ccc(Cl)cc1. The van der Waals surface area contributed by atoms with Crippen molar-refractivity contribution in [3.05, 3.63) is 34.9 Å². The van der Waals surface area contributed by atoms with E-state index in [1.54, 1.807) is 24.3 Å². The van der Waals surface area contributed by atoms with E-state index in [2.05, 4.69) is 24.7 Å². The third-order valence-corrected chi connectivity index (χ3v) is 2.07. The molecular weight excluding hydrogens is 212 g/mol. The van der Waals surface area contributed by atoms with Crippen LogP contribution in [0.15, 0.2) is 24.3 Å². The quantitative estimate of drug-likeness (QED) is 0.774. The number of nitrogens with one attached hydrogen (secondary N) is 2. The van der Waals surface area contributed by atoms with Crippen LogP contribution in [-0.4, -0.2) is 12.5 Å². The highest BCUT2D eigenvalue weighted by molar-refractivity contribution is 6.30. The lowest BCUT2D eigenvalue weighted by molar-refractivity contribution is 0.0931. The van der Waals surface area contributed by atoms with Gasteiger partial charge in [-0.2, -0.15) is 0 Å². The summed E-state index contributed by atoms with van der Waals surface area (Å²) in [5.41, 5.74) is 6.08. The lowest BCUT2D eigenvalue weighted by Gasteiger charge is -2.08. The number of carbonyl (C=O) groups is 1. The van der Waals surface area contributed by atoms with Gasteiger partial charge in [0, 0.05) is 17.1 Å². The molecule has 1 aromatic rings.